The number of aryl methyl sites for hydroxylation is 2. The van der Waals surface area contributed by atoms with Crippen LogP contribution in [0.15, 0.2) is 0 Å². The zero-order valence-corrected chi connectivity index (χ0v) is 11.3. The van der Waals surface area contributed by atoms with Gasteiger partial charge in [0.05, 0.1) is 11.4 Å². The molecule has 0 spiro atoms. The summed E-state index contributed by atoms with van der Waals surface area (Å²) in [5.74, 6) is -0.0555. The van der Waals surface area contributed by atoms with Gasteiger partial charge in [0.25, 0.3) is 0 Å². The summed E-state index contributed by atoms with van der Waals surface area (Å²) < 4.78 is 1.68. The summed E-state index contributed by atoms with van der Waals surface area (Å²) in [7, 11) is 0. The lowest BCUT2D eigenvalue weighted by atomic mass is 10.0. The van der Waals surface area contributed by atoms with Crippen LogP contribution in [0.2, 0.25) is 0 Å². The fourth-order valence-electron chi connectivity index (χ4n) is 2.27. The fourth-order valence-corrected chi connectivity index (χ4v) is 3.41. The highest BCUT2D eigenvalue weighted by Crippen LogP contribution is 2.29. The van der Waals surface area contributed by atoms with Crippen LogP contribution in [0, 0.1) is 6.92 Å². The van der Waals surface area contributed by atoms with Crippen molar-refractivity contribution in [2.24, 2.45) is 0 Å². The van der Waals surface area contributed by atoms with Crippen molar-refractivity contribution in [1.82, 2.24) is 20.0 Å². The molecule has 0 aliphatic heterocycles. The highest BCUT2D eigenvalue weighted by atomic mass is 32.1. The molecule has 5 nitrogen and oxygen atoms in total. The molecule has 94 valence electrons. The van der Waals surface area contributed by atoms with Crippen molar-refractivity contribution in [3.8, 4) is 5.13 Å². The van der Waals surface area contributed by atoms with E-state index in [4.69, 9.17) is 0 Å². The van der Waals surface area contributed by atoms with Gasteiger partial charge in [-0.25, -0.2) is 4.98 Å². The number of Topliss-reactive ketones (excluding diaryl/α,β-unsaturated/α-hetero) is 1. The standard InChI is InChI=1S/C12H14N4OS/c1-7-11(8(2)17)14-15-16(7)12-13-9-5-3-4-6-10(9)18-12/h3-6H2,1-2H3. The van der Waals surface area contributed by atoms with Crippen LogP contribution >= 0.6 is 11.3 Å². The summed E-state index contributed by atoms with van der Waals surface area (Å²) in [6.45, 7) is 3.37. The predicted octanol–water partition coefficient (Wildman–Crippen LogP) is 2.11. The van der Waals surface area contributed by atoms with E-state index >= 15 is 0 Å². The van der Waals surface area contributed by atoms with Crippen LogP contribution in [-0.4, -0.2) is 25.8 Å². The fraction of sp³-hybridized carbons (Fsp3) is 0.500. The molecular formula is C12H14N4OS. The molecule has 0 amide bonds. The van der Waals surface area contributed by atoms with Crippen molar-refractivity contribution in [2.75, 3.05) is 0 Å². The molecule has 0 saturated carbocycles. The van der Waals surface area contributed by atoms with E-state index < -0.39 is 0 Å². The second-order valence-corrected chi connectivity index (χ2v) is 5.63. The molecule has 0 aromatic carbocycles. The van der Waals surface area contributed by atoms with E-state index in [0.717, 1.165) is 23.7 Å². The van der Waals surface area contributed by atoms with Crippen molar-refractivity contribution < 1.29 is 4.79 Å². The van der Waals surface area contributed by atoms with Crippen LogP contribution in [0.5, 0.6) is 0 Å². The van der Waals surface area contributed by atoms with E-state index in [0.29, 0.717) is 5.69 Å². The van der Waals surface area contributed by atoms with Gasteiger partial charge >= 0.3 is 0 Å². The molecule has 2 aromatic heterocycles. The van der Waals surface area contributed by atoms with Crippen molar-refractivity contribution in [1.29, 1.82) is 0 Å². The van der Waals surface area contributed by atoms with Gasteiger partial charge in [-0.15, -0.1) is 5.10 Å². The molecule has 0 fully saturated rings. The molecule has 0 bridgehead atoms. The first-order valence-electron chi connectivity index (χ1n) is 6.09. The molecule has 0 radical (unpaired) electrons. The number of aromatic nitrogens is 4. The molecule has 3 rings (SSSR count). The Labute approximate surface area is 109 Å². The number of hydrogen-bond donors (Lipinski definition) is 0. The van der Waals surface area contributed by atoms with Crippen molar-refractivity contribution in [3.05, 3.63) is 22.0 Å². The lowest BCUT2D eigenvalue weighted by molar-refractivity contribution is 0.101. The van der Waals surface area contributed by atoms with Gasteiger partial charge in [0.1, 0.15) is 0 Å². The Balaban J connectivity index is 2.04. The summed E-state index contributed by atoms with van der Waals surface area (Å²) in [5.41, 5.74) is 2.40. The second-order valence-electron chi connectivity index (χ2n) is 4.56. The maximum Gasteiger partial charge on any atom is 0.212 e. The molecule has 0 atom stereocenters. The maximum absolute atomic E-state index is 11.4. The largest absolute Gasteiger partial charge is 0.293 e. The van der Waals surface area contributed by atoms with Crippen LogP contribution in [-0.2, 0) is 12.8 Å². The minimum absolute atomic E-state index is 0.0555. The molecule has 18 heavy (non-hydrogen) atoms. The summed E-state index contributed by atoms with van der Waals surface area (Å²) in [6.07, 6.45) is 4.62. The normalized spacial score (nSPS) is 14.6. The zero-order valence-electron chi connectivity index (χ0n) is 10.4. The number of rotatable bonds is 2. The van der Waals surface area contributed by atoms with Crippen LogP contribution < -0.4 is 0 Å². The average Bonchev–Trinajstić information content (AvgIpc) is 2.91. The Hall–Kier alpha value is -1.56. The molecule has 1 aliphatic rings. The summed E-state index contributed by atoms with van der Waals surface area (Å²) in [5, 5.41) is 8.81. The second kappa shape index (κ2) is 4.28. The summed E-state index contributed by atoms with van der Waals surface area (Å²) in [6, 6.07) is 0. The van der Waals surface area contributed by atoms with Crippen molar-refractivity contribution in [3.63, 3.8) is 0 Å². The van der Waals surface area contributed by atoms with Gasteiger partial charge in [0.2, 0.25) is 5.13 Å². The van der Waals surface area contributed by atoms with Gasteiger partial charge in [-0.2, -0.15) is 4.68 Å². The van der Waals surface area contributed by atoms with Gasteiger partial charge in [-0.3, -0.25) is 4.79 Å². The topological polar surface area (TPSA) is 60.7 Å². The molecule has 2 aromatic rings. The smallest absolute Gasteiger partial charge is 0.212 e. The highest BCUT2D eigenvalue weighted by Gasteiger charge is 2.20. The Bertz CT molecular complexity index is 590. The highest BCUT2D eigenvalue weighted by molar-refractivity contribution is 7.14. The number of thiazole rings is 1. The average molecular weight is 262 g/mol. The number of nitrogens with zero attached hydrogens (tertiary/aromatic N) is 4. The Kier molecular flexibility index (Phi) is 2.74. The zero-order chi connectivity index (χ0) is 12.7. The lowest BCUT2D eigenvalue weighted by Crippen LogP contribution is -2.02. The monoisotopic (exact) mass is 262 g/mol. The van der Waals surface area contributed by atoms with Gasteiger partial charge in [-0.05, 0) is 32.6 Å². The van der Waals surface area contributed by atoms with Crippen LogP contribution in [0.1, 0.15) is 46.5 Å². The molecular weight excluding hydrogens is 248 g/mol. The molecule has 1 aliphatic carbocycles. The van der Waals surface area contributed by atoms with Gasteiger partial charge in [0, 0.05) is 11.8 Å². The first-order chi connectivity index (χ1) is 8.66. The minimum atomic E-state index is -0.0555. The van der Waals surface area contributed by atoms with E-state index in [1.54, 1.807) is 16.0 Å². The quantitative estimate of drug-likeness (QED) is 0.778. The first-order valence-corrected chi connectivity index (χ1v) is 6.90. The van der Waals surface area contributed by atoms with Gasteiger partial charge in [-0.1, -0.05) is 16.6 Å². The summed E-state index contributed by atoms with van der Waals surface area (Å²) in [4.78, 5) is 17.4. The third-order valence-electron chi connectivity index (χ3n) is 3.24. The van der Waals surface area contributed by atoms with Crippen molar-refractivity contribution >= 4 is 17.1 Å². The molecule has 6 heteroatoms. The lowest BCUT2D eigenvalue weighted by Gasteiger charge is -2.06. The number of carbonyl (C=O) groups excluding carboxylic acids is 1. The first kappa shape index (κ1) is 11.5. The van der Waals surface area contributed by atoms with E-state index in [2.05, 4.69) is 15.3 Å². The van der Waals surface area contributed by atoms with E-state index in [1.165, 1.54) is 30.3 Å². The van der Waals surface area contributed by atoms with Crippen LogP contribution in [0.3, 0.4) is 0 Å². The van der Waals surface area contributed by atoms with Crippen LogP contribution in [0.4, 0.5) is 0 Å². The number of carbonyl (C=O) groups is 1. The Morgan fingerprint density at radius 2 is 2.11 bits per heavy atom. The number of hydrogen-bond acceptors (Lipinski definition) is 5. The molecule has 0 saturated heterocycles. The Morgan fingerprint density at radius 3 is 2.78 bits per heavy atom. The third-order valence-corrected chi connectivity index (χ3v) is 4.38. The van der Waals surface area contributed by atoms with Gasteiger partial charge in [0.15, 0.2) is 11.5 Å². The van der Waals surface area contributed by atoms with E-state index in [9.17, 15) is 4.79 Å². The third kappa shape index (κ3) is 1.77. The number of fused-ring (bicyclic) bond motifs is 1. The van der Waals surface area contributed by atoms with E-state index in [1.807, 2.05) is 6.92 Å². The maximum atomic E-state index is 11.4. The molecule has 2 heterocycles. The minimum Gasteiger partial charge on any atom is -0.293 e. The molecule has 0 N–H and O–H groups in total. The summed E-state index contributed by atoms with van der Waals surface area (Å²) >= 11 is 1.67. The SMILES string of the molecule is CC(=O)c1nnn(-c2nc3c(s2)CCCC3)c1C. The van der Waals surface area contributed by atoms with E-state index in [-0.39, 0.29) is 5.78 Å². The Morgan fingerprint density at radius 1 is 1.33 bits per heavy atom. The predicted molar refractivity (Wildman–Crippen MR) is 68.4 cm³/mol. The van der Waals surface area contributed by atoms with Crippen molar-refractivity contribution in [2.45, 2.75) is 39.5 Å². The molecule has 0 unspecified atom stereocenters. The van der Waals surface area contributed by atoms with Gasteiger partial charge < -0.3 is 0 Å². The van der Waals surface area contributed by atoms with Crippen LogP contribution in [0.25, 0.3) is 5.13 Å². The number of ketones is 1.